The van der Waals surface area contributed by atoms with Crippen LogP contribution < -0.4 is 15.5 Å². The van der Waals surface area contributed by atoms with E-state index in [9.17, 15) is 4.79 Å². The first-order valence-electron chi connectivity index (χ1n) is 13.2. The van der Waals surface area contributed by atoms with Crippen LogP contribution in [0.3, 0.4) is 0 Å². The minimum absolute atomic E-state index is 0.0862. The number of piperazine rings is 1. The number of benzene rings is 2. The molecule has 194 valence electrons. The summed E-state index contributed by atoms with van der Waals surface area (Å²) in [6.45, 7) is 6.61. The average molecular weight is 515 g/mol. The molecule has 39 heavy (non-hydrogen) atoms. The van der Waals surface area contributed by atoms with Crippen LogP contribution in [-0.4, -0.2) is 54.0 Å². The van der Waals surface area contributed by atoms with E-state index in [4.69, 9.17) is 0 Å². The minimum atomic E-state index is -0.0862. The highest BCUT2D eigenvalue weighted by molar-refractivity contribution is 6.06. The van der Waals surface area contributed by atoms with Crippen molar-refractivity contribution in [1.29, 1.82) is 0 Å². The third-order valence-corrected chi connectivity index (χ3v) is 7.27. The van der Waals surface area contributed by atoms with Gasteiger partial charge in [0.05, 0.1) is 23.1 Å². The molecule has 1 saturated heterocycles. The molecule has 0 radical (unpaired) electrons. The van der Waals surface area contributed by atoms with Crippen LogP contribution in [0.2, 0.25) is 0 Å². The van der Waals surface area contributed by atoms with Crippen molar-refractivity contribution in [3.05, 3.63) is 101 Å². The Morgan fingerprint density at radius 2 is 1.82 bits per heavy atom. The number of anilines is 3. The number of amides is 1. The predicted octanol–water partition coefficient (Wildman–Crippen LogP) is 4.59. The maximum absolute atomic E-state index is 12.9. The Balaban J connectivity index is 1.25. The molecule has 0 unspecified atom stereocenters. The molecule has 1 amide bonds. The lowest BCUT2D eigenvalue weighted by atomic mass is 9.95. The zero-order chi connectivity index (χ0) is 26.8. The standard InChI is InChI=1S/C32H30N6O/c1-22-4-3-5-23(18-22)6-7-25-19-24(12-13-33-25)27-9-10-29(31-28(27)21-35-32(31)39)36-30-11-8-26(20-34-30)38-16-14-37(2)15-17-38/h3-5,8-13,18-20H,14-17,21H2,1-2H3,(H,34,36)(H,35,39). The molecule has 2 aliphatic heterocycles. The first-order valence-corrected chi connectivity index (χ1v) is 13.2. The highest BCUT2D eigenvalue weighted by Crippen LogP contribution is 2.35. The summed E-state index contributed by atoms with van der Waals surface area (Å²) in [6, 6.07) is 20.1. The Labute approximate surface area is 228 Å². The molecule has 2 aromatic heterocycles. The fraction of sp³-hybridized carbons (Fsp3) is 0.219. The van der Waals surface area contributed by atoms with Gasteiger partial charge in [-0.25, -0.2) is 9.97 Å². The highest BCUT2D eigenvalue weighted by Gasteiger charge is 2.26. The third-order valence-electron chi connectivity index (χ3n) is 7.27. The molecule has 2 aliphatic rings. The fourth-order valence-electron chi connectivity index (χ4n) is 5.10. The number of pyridine rings is 2. The lowest BCUT2D eigenvalue weighted by Gasteiger charge is -2.33. The molecular formula is C32H30N6O. The van der Waals surface area contributed by atoms with Crippen LogP contribution in [0.5, 0.6) is 0 Å². The van der Waals surface area contributed by atoms with E-state index in [1.54, 1.807) is 6.20 Å². The van der Waals surface area contributed by atoms with Crippen LogP contribution in [0.1, 0.15) is 32.7 Å². The SMILES string of the molecule is Cc1cccc(C#Cc2cc(-c3ccc(Nc4ccc(N5CCN(C)CC5)cn4)c4c3CNC4=O)ccn2)c1. The molecule has 6 rings (SSSR count). The van der Waals surface area contributed by atoms with Crippen LogP contribution >= 0.6 is 0 Å². The summed E-state index contributed by atoms with van der Waals surface area (Å²) in [7, 11) is 2.15. The summed E-state index contributed by atoms with van der Waals surface area (Å²) in [5.74, 6) is 7.00. The molecule has 0 saturated carbocycles. The van der Waals surface area contributed by atoms with Gasteiger partial charge >= 0.3 is 0 Å². The second kappa shape index (κ2) is 10.6. The lowest BCUT2D eigenvalue weighted by Crippen LogP contribution is -2.44. The van der Waals surface area contributed by atoms with Gasteiger partial charge in [-0.2, -0.15) is 0 Å². The lowest BCUT2D eigenvalue weighted by molar-refractivity contribution is 0.0966. The smallest absolute Gasteiger partial charge is 0.254 e. The van der Waals surface area contributed by atoms with E-state index >= 15 is 0 Å². The maximum Gasteiger partial charge on any atom is 0.254 e. The molecule has 0 spiro atoms. The van der Waals surface area contributed by atoms with Crippen LogP contribution in [0.15, 0.2) is 73.1 Å². The van der Waals surface area contributed by atoms with Crippen molar-refractivity contribution in [1.82, 2.24) is 20.2 Å². The molecule has 7 nitrogen and oxygen atoms in total. The highest BCUT2D eigenvalue weighted by atomic mass is 16.1. The summed E-state index contributed by atoms with van der Waals surface area (Å²) in [4.78, 5) is 26.7. The van der Waals surface area contributed by atoms with E-state index in [0.717, 1.165) is 59.8 Å². The number of hydrogen-bond acceptors (Lipinski definition) is 6. The first-order chi connectivity index (χ1) is 19.0. The number of hydrogen-bond donors (Lipinski definition) is 2. The topological polar surface area (TPSA) is 73.4 Å². The van der Waals surface area contributed by atoms with Gasteiger partial charge < -0.3 is 20.4 Å². The number of likely N-dealkylation sites (N-methyl/N-ethyl adjacent to an activating group) is 1. The van der Waals surface area contributed by atoms with Crippen LogP contribution in [0.25, 0.3) is 11.1 Å². The number of fused-ring (bicyclic) bond motifs is 1. The predicted molar refractivity (Wildman–Crippen MR) is 155 cm³/mol. The van der Waals surface area contributed by atoms with Gasteiger partial charge in [-0.15, -0.1) is 0 Å². The van der Waals surface area contributed by atoms with E-state index in [2.05, 4.69) is 74.4 Å². The summed E-state index contributed by atoms with van der Waals surface area (Å²) in [5, 5.41) is 6.36. The maximum atomic E-state index is 12.9. The first kappa shape index (κ1) is 24.7. The number of rotatable bonds is 4. The van der Waals surface area contributed by atoms with Crippen molar-refractivity contribution in [3.63, 3.8) is 0 Å². The van der Waals surface area contributed by atoms with Crippen molar-refractivity contribution in [2.24, 2.45) is 0 Å². The van der Waals surface area contributed by atoms with Crippen molar-refractivity contribution < 1.29 is 4.79 Å². The molecule has 0 bridgehead atoms. The monoisotopic (exact) mass is 514 g/mol. The van der Waals surface area contributed by atoms with Gasteiger partial charge in [0.25, 0.3) is 5.91 Å². The fourth-order valence-corrected chi connectivity index (χ4v) is 5.10. The van der Waals surface area contributed by atoms with Gasteiger partial charge in [-0.3, -0.25) is 4.79 Å². The molecule has 2 N–H and O–H groups in total. The Morgan fingerprint density at radius 3 is 2.62 bits per heavy atom. The van der Waals surface area contributed by atoms with Crippen molar-refractivity contribution in [2.75, 3.05) is 43.4 Å². The van der Waals surface area contributed by atoms with Gasteiger partial charge in [-0.1, -0.05) is 24.1 Å². The molecule has 4 aromatic rings. The summed E-state index contributed by atoms with van der Waals surface area (Å²) < 4.78 is 0. The Morgan fingerprint density at radius 1 is 0.949 bits per heavy atom. The Hall–Kier alpha value is -4.67. The molecule has 4 heterocycles. The third kappa shape index (κ3) is 5.33. The van der Waals surface area contributed by atoms with Gasteiger partial charge in [0.15, 0.2) is 0 Å². The molecule has 0 atom stereocenters. The van der Waals surface area contributed by atoms with E-state index in [1.165, 1.54) is 5.56 Å². The Kier molecular flexibility index (Phi) is 6.70. The number of nitrogens with zero attached hydrogens (tertiary/aromatic N) is 4. The quantitative estimate of drug-likeness (QED) is 0.388. The van der Waals surface area contributed by atoms with E-state index < -0.39 is 0 Å². The number of aromatic nitrogens is 2. The Bertz CT molecular complexity index is 1590. The van der Waals surface area contributed by atoms with Gasteiger partial charge in [0.1, 0.15) is 11.5 Å². The summed E-state index contributed by atoms with van der Waals surface area (Å²) in [5.41, 5.74) is 8.27. The number of carbonyl (C=O) groups is 1. The van der Waals surface area contributed by atoms with Crippen LogP contribution in [0, 0.1) is 18.8 Å². The second-order valence-corrected chi connectivity index (χ2v) is 10.1. The number of aryl methyl sites for hydroxylation is 1. The molecule has 7 heteroatoms. The zero-order valence-electron chi connectivity index (χ0n) is 22.2. The van der Waals surface area contributed by atoms with E-state index in [1.807, 2.05) is 48.7 Å². The molecule has 2 aromatic carbocycles. The largest absolute Gasteiger partial charge is 0.368 e. The molecular weight excluding hydrogens is 484 g/mol. The summed E-state index contributed by atoms with van der Waals surface area (Å²) in [6.07, 6.45) is 3.67. The minimum Gasteiger partial charge on any atom is -0.368 e. The molecule has 0 aliphatic carbocycles. The number of carbonyl (C=O) groups excluding carboxylic acids is 1. The zero-order valence-corrected chi connectivity index (χ0v) is 22.2. The van der Waals surface area contributed by atoms with Crippen LogP contribution in [0.4, 0.5) is 17.2 Å². The van der Waals surface area contributed by atoms with Crippen LogP contribution in [-0.2, 0) is 6.54 Å². The van der Waals surface area contributed by atoms with Gasteiger partial charge in [0.2, 0.25) is 0 Å². The molecule has 1 fully saturated rings. The van der Waals surface area contributed by atoms with Crippen molar-refractivity contribution in [2.45, 2.75) is 13.5 Å². The normalized spacial score (nSPS) is 14.8. The average Bonchev–Trinajstić information content (AvgIpc) is 3.35. The van der Waals surface area contributed by atoms with Gasteiger partial charge in [0, 0.05) is 44.5 Å². The van der Waals surface area contributed by atoms with Crippen molar-refractivity contribution in [3.8, 4) is 23.0 Å². The van der Waals surface area contributed by atoms with E-state index in [-0.39, 0.29) is 5.91 Å². The summed E-state index contributed by atoms with van der Waals surface area (Å²) >= 11 is 0. The van der Waals surface area contributed by atoms with E-state index in [0.29, 0.717) is 23.6 Å². The second-order valence-electron chi connectivity index (χ2n) is 10.1. The number of nitrogens with one attached hydrogen (secondary N) is 2. The van der Waals surface area contributed by atoms with Crippen molar-refractivity contribution >= 4 is 23.1 Å². The van der Waals surface area contributed by atoms with Gasteiger partial charge in [-0.05, 0) is 84.6 Å².